The molecule has 0 saturated carbocycles. The molecule has 0 spiro atoms. The lowest BCUT2D eigenvalue weighted by Crippen LogP contribution is -2.42. The maximum atomic E-state index is 5.83. The molecule has 0 bridgehead atoms. The second-order valence-electron chi connectivity index (χ2n) is 7.10. The molecule has 0 N–H and O–H groups in total. The quantitative estimate of drug-likeness (QED) is 0.652. The summed E-state index contributed by atoms with van der Waals surface area (Å²) in [6.07, 6.45) is 5.17. The van der Waals surface area contributed by atoms with E-state index in [4.69, 9.17) is 9.47 Å². The lowest BCUT2D eigenvalue weighted by molar-refractivity contribution is -0.0323. The Labute approximate surface area is 157 Å². The lowest BCUT2D eigenvalue weighted by Gasteiger charge is -2.32. The van der Waals surface area contributed by atoms with E-state index in [0.717, 1.165) is 31.9 Å². The topological polar surface area (TPSA) is 21.7 Å². The molecule has 2 aromatic carbocycles. The zero-order chi connectivity index (χ0) is 18.0. The number of nitrogens with zero attached hydrogens (tertiary/aromatic N) is 1. The first kappa shape index (κ1) is 18.9. The number of ether oxygens (including phenoxy) is 2. The molecule has 26 heavy (non-hydrogen) atoms. The average molecular weight is 354 g/mol. The van der Waals surface area contributed by atoms with Crippen molar-refractivity contribution in [3.05, 3.63) is 65.7 Å². The molecule has 0 radical (unpaired) electrons. The highest BCUT2D eigenvalue weighted by molar-refractivity contribution is 5.24. The number of hydrogen-bond acceptors (Lipinski definition) is 3. The second kappa shape index (κ2) is 10.3. The Kier molecular flexibility index (Phi) is 7.53. The zero-order valence-electron chi connectivity index (χ0n) is 15.9. The van der Waals surface area contributed by atoms with Crippen molar-refractivity contribution in [2.75, 3.05) is 26.2 Å². The SMILES string of the molecule is CCC[C@@H]1CN(CCCc2ccc(COc3ccccc3)cc2)CCO1. The van der Waals surface area contributed by atoms with E-state index in [1.165, 1.54) is 36.9 Å². The molecule has 0 amide bonds. The number of morpholine rings is 1. The van der Waals surface area contributed by atoms with Crippen LogP contribution in [0.4, 0.5) is 0 Å². The molecule has 1 saturated heterocycles. The van der Waals surface area contributed by atoms with Crippen molar-refractivity contribution in [1.82, 2.24) is 4.90 Å². The number of rotatable bonds is 9. The van der Waals surface area contributed by atoms with Crippen LogP contribution in [-0.2, 0) is 17.8 Å². The van der Waals surface area contributed by atoms with Gasteiger partial charge in [-0.3, -0.25) is 4.90 Å². The number of benzene rings is 2. The van der Waals surface area contributed by atoms with E-state index in [1.54, 1.807) is 0 Å². The molecule has 3 rings (SSSR count). The van der Waals surface area contributed by atoms with Gasteiger partial charge in [0.15, 0.2) is 0 Å². The van der Waals surface area contributed by atoms with Crippen molar-refractivity contribution >= 4 is 0 Å². The second-order valence-corrected chi connectivity index (χ2v) is 7.10. The van der Waals surface area contributed by atoms with Gasteiger partial charge in [-0.25, -0.2) is 0 Å². The van der Waals surface area contributed by atoms with E-state index >= 15 is 0 Å². The van der Waals surface area contributed by atoms with Crippen molar-refractivity contribution in [3.8, 4) is 5.75 Å². The molecule has 2 aromatic rings. The summed E-state index contributed by atoms with van der Waals surface area (Å²) in [5, 5.41) is 0. The first-order chi connectivity index (χ1) is 12.8. The largest absolute Gasteiger partial charge is 0.489 e. The Balaban J connectivity index is 1.37. The summed E-state index contributed by atoms with van der Waals surface area (Å²) in [6.45, 7) is 7.09. The Bertz CT molecular complexity index is 624. The van der Waals surface area contributed by atoms with Crippen molar-refractivity contribution in [3.63, 3.8) is 0 Å². The maximum absolute atomic E-state index is 5.83. The summed E-state index contributed by atoms with van der Waals surface area (Å²) in [5.74, 6) is 0.920. The van der Waals surface area contributed by atoms with Gasteiger partial charge < -0.3 is 9.47 Å². The molecule has 140 valence electrons. The molecule has 1 aliphatic heterocycles. The van der Waals surface area contributed by atoms with E-state index in [9.17, 15) is 0 Å². The molecule has 3 heteroatoms. The molecule has 1 atom stereocenters. The standard InChI is InChI=1S/C23H31NO2/c1-2-7-23-18-24(16-17-25-23)15-6-8-20-11-13-21(14-12-20)19-26-22-9-4-3-5-10-22/h3-5,9-14,23H,2,6-8,15-19H2,1H3/t23-/m1/s1. The summed E-state index contributed by atoms with van der Waals surface area (Å²) in [5.41, 5.74) is 2.63. The Morgan fingerprint density at radius 2 is 1.81 bits per heavy atom. The van der Waals surface area contributed by atoms with E-state index in [1.807, 2.05) is 30.3 Å². The summed E-state index contributed by atoms with van der Waals surface area (Å²) >= 11 is 0. The number of aryl methyl sites for hydroxylation is 1. The normalized spacial score (nSPS) is 18.0. The Hall–Kier alpha value is -1.84. The van der Waals surface area contributed by atoms with Crippen LogP contribution in [0.15, 0.2) is 54.6 Å². The summed E-state index contributed by atoms with van der Waals surface area (Å²) in [4.78, 5) is 2.56. The van der Waals surface area contributed by atoms with Gasteiger partial charge in [-0.2, -0.15) is 0 Å². The van der Waals surface area contributed by atoms with Crippen molar-refractivity contribution in [1.29, 1.82) is 0 Å². The van der Waals surface area contributed by atoms with Crippen LogP contribution in [-0.4, -0.2) is 37.2 Å². The van der Waals surface area contributed by atoms with Crippen molar-refractivity contribution in [2.24, 2.45) is 0 Å². The minimum Gasteiger partial charge on any atom is -0.489 e. The fraction of sp³-hybridized carbons (Fsp3) is 0.478. The highest BCUT2D eigenvalue weighted by Gasteiger charge is 2.18. The highest BCUT2D eigenvalue weighted by Crippen LogP contribution is 2.14. The van der Waals surface area contributed by atoms with Crippen LogP contribution in [0.25, 0.3) is 0 Å². The third kappa shape index (κ3) is 6.15. The van der Waals surface area contributed by atoms with Gasteiger partial charge in [-0.05, 0) is 49.1 Å². The van der Waals surface area contributed by atoms with Crippen LogP contribution < -0.4 is 4.74 Å². The molecular weight excluding hydrogens is 322 g/mol. The van der Waals surface area contributed by atoms with E-state index in [2.05, 4.69) is 36.1 Å². The molecule has 1 aliphatic rings. The lowest BCUT2D eigenvalue weighted by atomic mass is 10.1. The van der Waals surface area contributed by atoms with E-state index in [-0.39, 0.29) is 0 Å². The van der Waals surface area contributed by atoms with E-state index < -0.39 is 0 Å². The molecule has 3 nitrogen and oxygen atoms in total. The molecule has 0 aliphatic carbocycles. The van der Waals surface area contributed by atoms with Gasteiger partial charge in [0.2, 0.25) is 0 Å². The van der Waals surface area contributed by atoms with Crippen molar-refractivity contribution < 1.29 is 9.47 Å². The van der Waals surface area contributed by atoms with Crippen LogP contribution >= 0.6 is 0 Å². The van der Waals surface area contributed by atoms with Gasteiger partial charge in [0.1, 0.15) is 12.4 Å². The minimum atomic E-state index is 0.442. The predicted octanol–water partition coefficient (Wildman–Crippen LogP) is 4.70. The summed E-state index contributed by atoms with van der Waals surface area (Å²) in [6, 6.07) is 18.8. The third-order valence-electron chi connectivity index (χ3n) is 4.95. The molecule has 1 fully saturated rings. The van der Waals surface area contributed by atoms with Gasteiger partial charge >= 0.3 is 0 Å². The Morgan fingerprint density at radius 1 is 1.04 bits per heavy atom. The number of para-hydroxylation sites is 1. The first-order valence-corrected chi connectivity index (χ1v) is 9.93. The summed E-state index contributed by atoms with van der Waals surface area (Å²) < 4.78 is 11.6. The predicted molar refractivity (Wildman–Crippen MR) is 107 cm³/mol. The first-order valence-electron chi connectivity index (χ1n) is 9.93. The molecule has 0 aromatic heterocycles. The van der Waals surface area contributed by atoms with Gasteiger partial charge in [-0.15, -0.1) is 0 Å². The van der Waals surface area contributed by atoms with Crippen LogP contribution in [0.3, 0.4) is 0 Å². The van der Waals surface area contributed by atoms with Gasteiger partial charge in [0.05, 0.1) is 12.7 Å². The van der Waals surface area contributed by atoms with Gasteiger partial charge in [0, 0.05) is 13.1 Å². The number of hydrogen-bond donors (Lipinski definition) is 0. The van der Waals surface area contributed by atoms with Crippen molar-refractivity contribution in [2.45, 2.75) is 45.3 Å². The van der Waals surface area contributed by atoms with Crippen LogP contribution in [0.2, 0.25) is 0 Å². The van der Waals surface area contributed by atoms with Gasteiger partial charge in [0.25, 0.3) is 0 Å². The molecule has 1 heterocycles. The van der Waals surface area contributed by atoms with E-state index in [0.29, 0.717) is 12.7 Å². The zero-order valence-corrected chi connectivity index (χ0v) is 15.9. The maximum Gasteiger partial charge on any atom is 0.119 e. The Morgan fingerprint density at radius 3 is 2.58 bits per heavy atom. The van der Waals surface area contributed by atoms with Crippen LogP contribution in [0.1, 0.15) is 37.3 Å². The molecule has 0 unspecified atom stereocenters. The molecular formula is C23H31NO2. The third-order valence-corrected chi connectivity index (χ3v) is 4.95. The fourth-order valence-electron chi connectivity index (χ4n) is 3.47. The minimum absolute atomic E-state index is 0.442. The average Bonchev–Trinajstić information content (AvgIpc) is 2.69. The highest BCUT2D eigenvalue weighted by atomic mass is 16.5. The smallest absolute Gasteiger partial charge is 0.119 e. The fourth-order valence-corrected chi connectivity index (χ4v) is 3.47. The van der Waals surface area contributed by atoms with Crippen LogP contribution in [0, 0.1) is 0 Å². The van der Waals surface area contributed by atoms with Gasteiger partial charge in [-0.1, -0.05) is 55.8 Å². The van der Waals surface area contributed by atoms with Crippen LogP contribution in [0.5, 0.6) is 5.75 Å². The summed E-state index contributed by atoms with van der Waals surface area (Å²) in [7, 11) is 0. The monoisotopic (exact) mass is 353 g/mol.